The number of benzene rings is 2. The lowest BCUT2D eigenvalue weighted by Gasteiger charge is -2.15. The number of halogens is 2. The van der Waals surface area contributed by atoms with Crippen molar-refractivity contribution in [3.8, 4) is 0 Å². The summed E-state index contributed by atoms with van der Waals surface area (Å²) in [4.78, 5) is 17.6. The first-order chi connectivity index (χ1) is 11.5. The molecule has 1 amide bonds. The molecular weight excluding hydrogens is 314 g/mol. The third kappa shape index (κ3) is 3.48. The number of nitrogens with zero attached hydrogens (tertiary/aromatic N) is 2. The summed E-state index contributed by atoms with van der Waals surface area (Å²) < 4.78 is 32.0. The predicted octanol–water partition coefficient (Wildman–Crippen LogP) is 3.78. The smallest absolute Gasteiger partial charge is 0.246 e. The van der Waals surface area contributed by atoms with Gasteiger partial charge in [0.15, 0.2) is 5.58 Å². The van der Waals surface area contributed by atoms with Gasteiger partial charge in [0.2, 0.25) is 11.8 Å². The predicted molar refractivity (Wildman–Crippen MR) is 85.9 cm³/mol. The van der Waals surface area contributed by atoms with Crippen molar-refractivity contribution >= 4 is 23.1 Å². The summed E-state index contributed by atoms with van der Waals surface area (Å²) in [5.41, 5.74) is 1.57. The van der Waals surface area contributed by atoms with Gasteiger partial charge in [0.05, 0.1) is 0 Å². The number of para-hydroxylation sites is 2. The van der Waals surface area contributed by atoms with E-state index in [1.165, 1.54) is 30.2 Å². The summed E-state index contributed by atoms with van der Waals surface area (Å²) in [6.45, 7) is 0.0306. The van der Waals surface area contributed by atoms with Crippen LogP contribution in [0, 0.1) is 11.6 Å². The van der Waals surface area contributed by atoms with Crippen LogP contribution in [0.15, 0.2) is 53.0 Å². The van der Waals surface area contributed by atoms with E-state index < -0.39 is 11.6 Å². The Kier molecular flexibility index (Phi) is 4.37. The molecule has 4 nitrogen and oxygen atoms in total. The molecule has 0 aliphatic carbocycles. The summed E-state index contributed by atoms with van der Waals surface area (Å²) >= 11 is 0. The minimum Gasteiger partial charge on any atom is -0.437 e. The van der Waals surface area contributed by atoms with Crippen LogP contribution >= 0.6 is 0 Å². The molecule has 0 saturated heterocycles. The highest BCUT2D eigenvalue weighted by Gasteiger charge is 2.11. The second-order valence-electron chi connectivity index (χ2n) is 5.28. The average Bonchev–Trinajstić information content (AvgIpc) is 2.98. The zero-order chi connectivity index (χ0) is 17.1. The molecule has 0 aliphatic rings. The molecule has 0 bridgehead atoms. The monoisotopic (exact) mass is 328 g/mol. The minimum absolute atomic E-state index is 0.0306. The molecule has 0 atom stereocenters. The van der Waals surface area contributed by atoms with E-state index in [9.17, 15) is 13.6 Å². The Labute approximate surface area is 137 Å². The number of fused-ring (bicyclic) bond motifs is 1. The highest BCUT2D eigenvalue weighted by atomic mass is 19.1. The minimum atomic E-state index is -0.683. The number of hydrogen-bond donors (Lipinski definition) is 0. The van der Waals surface area contributed by atoms with E-state index in [4.69, 9.17) is 4.42 Å². The van der Waals surface area contributed by atoms with Gasteiger partial charge in [-0.15, -0.1) is 0 Å². The molecule has 1 heterocycles. The van der Waals surface area contributed by atoms with E-state index in [1.54, 1.807) is 12.1 Å². The molecule has 0 radical (unpaired) electrons. The fraction of sp³-hybridized carbons (Fsp3) is 0.111. The lowest BCUT2D eigenvalue weighted by Crippen LogP contribution is -2.24. The number of carbonyl (C=O) groups excluding carboxylic acids is 1. The Hall–Kier alpha value is -3.02. The molecule has 3 aromatic rings. The number of oxazole rings is 1. The average molecular weight is 328 g/mol. The van der Waals surface area contributed by atoms with Crippen LogP contribution in [-0.4, -0.2) is 22.8 Å². The molecule has 0 spiro atoms. The maximum atomic E-state index is 13.6. The molecular formula is C18H14F2N2O2. The molecule has 1 aromatic heterocycles. The van der Waals surface area contributed by atoms with E-state index in [0.29, 0.717) is 17.0 Å². The number of amides is 1. The highest BCUT2D eigenvalue weighted by Crippen LogP contribution is 2.16. The summed E-state index contributed by atoms with van der Waals surface area (Å²) in [6, 6.07) is 10.5. The second-order valence-corrected chi connectivity index (χ2v) is 5.28. The summed E-state index contributed by atoms with van der Waals surface area (Å²) in [5.74, 6) is -1.37. The van der Waals surface area contributed by atoms with E-state index in [0.717, 1.165) is 12.1 Å². The molecule has 0 saturated carbocycles. The zero-order valence-corrected chi connectivity index (χ0v) is 12.9. The molecule has 0 N–H and O–H groups in total. The van der Waals surface area contributed by atoms with E-state index >= 15 is 0 Å². The van der Waals surface area contributed by atoms with E-state index in [2.05, 4.69) is 4.98 Å². The van der Waals surface area contributed by atoms with Crippen LogP contribution in [0.1, 0.15) is 11.5 Å². The topological polar surface area (TPSA) is 46.3 Å². The Balaban J connectivity index is 1.69. The normalized spacial score (nSPS) is 11.3. The van der Waals surface area contributed by atoms with Crippen molar-refractivity contribution in [1.82, 2.24) is 9.88 Å². The van der Waals surface area contributed by atoms with E-state index in [1.807, 2.05) is 12.1 Å². The van der Waals surface area contributed by atoms with Gasteiger partial charge >= 0.3 is 0 Å². The van der Waals surface area contributed by atoms with Gasteiger partial charge in [-0.1, -0.05) is 18.2 Å². The van der Waals surface area contributed by atoms with Crippen LogP contribution in [0.2, 0.25) is 0 Å². The van der Waals surface area contributed by atoms with Crippen LogP contribution in [-0.2, 0) is 11.3 Å². The Morgan fingerprint density at radius 2 is 2.04 bits per heavy atom. The van der Waals surface area contributed by atoms with Gasteiger partial charge in [0.1, 0.15) is 17.2 Å². The maximum absolute atomic E-state index is 13.6. The van der Waals surface area contributed by atoms with Crippen molar-refractivity contribution in [2.75, 3.05) is 7.05 Å². The number of carbonyl (C=O) groups is 1. The van der Waals surface area contributed by atoms with Gasteiger partial charge < -0.3 is 9.32 Å². The van der Waals surface area contributed by atoms with Crippen molar-refractivity contribution in [2.45, 2.75) is 6.54 Å². The SMILES string of the molecule is CN(Cc1ccc(F)cc1F)C(=O)/C=C/c1nc2ccccc2o1. The lowest BCUT2D eigenvalue weighted by atomic mass is 10.2. The van der Waals surface area contributed by atoms with Crippen molar-refractivity contribution < 1.29 is 18.0 Å². The molecule has 2 aromatic carbocycles. The fourth-order valence-electron chi connectivity index (χ4n) is 2.21. The third-order valence-electron chi connectivity index (χ3n) is 3.48. The largest absolute Gasteiger partial charge is 0.437 e. The Morgan fingerprint density at radius 3 is 2.79 bits per heavy atom. The van der Waals surface area contributed by atoms with Crippen LogP contribution in [0.3, 0.4) is 0 Å². The molecule has 122 valence electrons. The molecule has 24 heavy (non-hydrogen) atoms. The van der Waals surface area contributed by atoms with Gasteiger partial charge in [-0.3, -0.25) is 4.79 Å². The summed E-state index contributed by atoms with van der Waals surface area (Å²) in [7, 11) is 1.53. The number of aromatic nitrogens is 1. The lowest BCUT2D eigenvalue weighted by molar-refractivity contribution is -0.125. The fourth-order valence-corrected chi connectivity index (χ4v) is 2.21. The van der Waals surface area contributed by atoms with Crippen LogP contribution in [0.4, 0.5) is 8.78 Å². The first kappa shape index (κ1) is 15.9. The summed E-state index contributed by atoms with van der Waals surface area (Å²) in [6.07, 6.45) is 2.76. The number of rotatable bonds is 4. The number of hydrogen-bond acceptors (Lipinski definition) is 3. The molecule has 6 heteroatoms. The molecule has 0 fully saturated rings. The first-order valence-electron chi connectivity index (χ1n) is 7.25. The first-order valence-corrected chi connectivity index (χ1v) is 7.25. The standard InChI is InChI=1S/C18H14F2N2O2/c1-22(11-12-6-7-13(19)10-14(12)20)18(23)9-8-17-21-15-4-2-3-5-16(15)24-17/h2-10H,11H2,1H3/b9-8+. The van der Waals surface area contributed by atoms with Crippen molar-refractivity contribution in [2.24, 2.45) is 0 Å². The van der Waals surface area contributed by atoms with E-state index in [-0.39, 0.29) is 18.0 Å². The van der Waals surface area contributed by atoms with Crippen molar-refractivity contribution in [1.29, 1.82) is 0 Å². The number of likely N-dealkylation sites (N-methyl/N-ethyl adjacent to an activating group) is 1. The summed E-state index contributed by atoms with van der Waals surface area (Å²) in [5, 5.41) is 0. The quantitative estimate of drug-likeness (QED) is 0.685. The van der Waals surface area contributed by atoms with Crippen molar-refractivity contribution in [3.63, 3.8) is 0 Å². The Bertz CT molecular complexity index is 885. The molecule has 3 rings (SSSR count). The van der Waals surface area contributed by atoms with Crippen LogP contribution < -0.4 is 0 Å². The van der Waals surface area contributed by atoms with Crippen LogP contribution in [0.25, 0.3) is 17.2 Å². The Morgan fingerprint density at radius 1 is 1.25 bits per heavy atom. The molecule has 0 aliphatic heterocycles. The molecule has 0 unspecified atom stereocenters. The third-order valence-corrected chi connectivity index (χ3v) is 3.48. The van der Waals surface area contributed by atoms with Gasteiger partial charge in [-0.2, -0.15) is 0 Å². The van der Waals surface area contributed by atoms with Crippen molar-refractivity contribution in [3.05, 3.63) is 71.6 Å². The van der Waals surface area contributed by atoms with Gasteiger partial charge in [-0.05, 0) is 18.2 Å². The zero-order valence-electron chi connectivity index (χ0n) is 12.9. The van der Waals surface area contributed by atoms with Gasteiger partial charge in [0.25, 0.3) is 0 Å². The second kappa shape index (κ2) is 6.62. The van der Waals surface area contributed by atoms with Gasteiger partial charge in [0, 0.05) is 37.4 Å². The van der Waals surface area contributed by atoms with Crippen LogP contribution in [0.5, 0.6) is 0 Å². The maximum Gasteiger partial charge on any atom is 0.246 e. The highest BCUT2D eigenvalue weighted by molar-refractivity contribution is 5.91. The van der Waals surface area contributed by atoms with Gasteiger partial charge in [-0.25, -0.2) is 13.8 Å².